The highest BCUT2D eigenvalue weighted by atomic mass is 16.3. The van der Waals surface area contributed by atoms with Crippen molar-refractivity contribution in [3.63, 3.8) is 0 Å². The molecule has 4 heteroatoms. The number of anilines is 2. The Balaban J connectivity index is 2.94. The number of pyridine rings is 1. The fourth-order valence-corrected chi connectivity index (χ4v) is 1.03. The predicted octanol–water partition coefficient (Wildman–Crippen LogP) is 0.871. The molecule has 0 atom stereocenters. The van der Waals surface area contributed by atoms with Gasteiger partial charge in [0.05, 0.1) is 12.1 Å². The fourth-order valence-electron chi connectivity index (χ4n) is 1.03. The first kappa shape index (κ1) is 10.8. The van der Waals surface area contributed by atoms with Crippen molar-refractivity contribution in [2.75, 3.05) is 24.3 Å². The van der Waals surface area contributed by atoms with Gasteiger partial charge in [0, 0.05) is 25.0 Å². The molecule has 4 nitrogen and oxygen atoms in total. The van der Waals surface area contributed by atoms with E-state index in [1.807, 2.05) is 25.8 Å². The number of aliphatic hydroxyl groups excluding tert-OH is 1. The van der Waals surface area contributed by atoms with E-state index in [2.05, 4.69) is 4.98 Å². The Bertz CT molecular complexity index is 312. The summed E-state index contributed by atoms with van der Waals surface area (Å²) >= 11 is 0. The van der Waals surface area contributed by atoms with Crippen molar-refractivity contribution in [2.45, 2.75) is 19.4 Å². The molecule has 0 radical (unpaired) electrons. The Kier molecular flexibility index (Phi) is 2.96. The summed E-state index contributed by atoms with van der Waals surface area (Å²) in [5.74, 6) is 0.768. The van der Waals surface area contributed by atoms with Crippen molar-refractivity contribution < 1.29 is 5.11 Å². The van der Waals surface area contributed by atoms with Crippen LogP contribution in [-0.4, -0.2) is 29.3 Å². The van der Waals surface area contributed by atoms with Gasteiger partial charge in [0.15, 0.2) is 0 Å². The first-order valence-electron chi connectivity index (χ1n) is 4.53. The third kappa shape index (κ3) is 2.14. The van der Waals surface area contributed by atoms with E-state index in [-0.39, 0.29) is 12.1 Å². The Labute approximate surface area is 84.4 Å². The summed E-state index contributed by atoms with van der Waals surface area (Å²) in [7, 11) is 1.89. The van der Waals surface area contributed by atoms with Crippen LogP contribution < -0.4 is 10.6 Å². The van der Waals surface area contributed by atoms with Gasteiger partial charge in [-0.25, -0.2) is 4.98 Å². The Hall–Kier alpha value is -1.29. The first-order valence-corrected chi connectivity index (χ1v) is 4.53. The number of hydrogen-bond acceptors (Lipinski definition) is 4. The lowest BCUT2D eigenvalue weighted by Crippen LogP contribution is -2.44. The summed E-state index contributed by atoms with van der Waals surface area (Å²) in [6, 6.07) is 3.53. The molecule has 0 saturated heterocycles. The molecule has 0 aliphatic heterocycles. The van der Waals surface area contributed by atoms with Crippen molar-refractivity contribution in [2.24, 2.45) is 0 Å². The number of nitrogens with two attached hydrogens (primary N) is 1. The van der Waals surface area contributed by atoms with Crippen LogP contribution in [0.2, 0.25) is 0 Å². The SMILES string of the molecule is CN(c1cc(N)ccn1)C(C)(C)CO. The van der Waals surface area contributed by atoms with Gasteiger partial charge in [-0.2, -0.15) is 0 Å². The molecular formula is C10H17N3O. The second kappa shape index (κ2) is 3.84. The minimum Gasteiger partial charge on any atom is -0.399 e. The Morgan fingerprint density at radius 2 is 2.21 bits per heavy atom. The average Bonchev–Trinajstić information content (AvgIpc) is 2.16. The van der Waals surface area contributed by atoms with Gasteiger partial charge in [0.25, 0.3) is 0 Å². The zero-order valence-corrected chi connectivity index (χ0v) is 8.86. The number of nitrogen functional groups attached to an aromatic ring is 1. The van der Waals surface area contributed by atoms with Crippen molar-refractivity contribution >= 4 is 11.5 Å². The van der Waals surface area contributed by atoms with E-state index in [4.69, 9.17) is 5.73 Å². The van der Waals surface area contributed by atoms with Crippen molar-refractivity contribution in [1.82, 2.24) is 4.98 Å². The molecule has 0 fully saturated rings. The molecule has 1 aromatic rings. The highest BCUT2D eigenvalue weighted by Gasteiger charge is 2.23. The van der Waals surface area contributed by atoms with Crippen LogP contribution in [0.1, 0.15) is 13.8 Å². The number of nitrogens with zero attached hydrogens (tertiary/aromatic N) is 2. The van der Waals surface area contributed by atoms with Gasteiger partial charge in [-0.1, -0.05) is 0 Å². The van der Waals surface area contributed by atoms with Gasteiger partial charge in [-0.05, 0) is 19.9 Å². The van der Waals surface area contributed by atoms with E-state index in [1.165, 1.54) is 0 Å². The van der Waals surface area contributed by atoms with Crippen molar-refractivity contribution in [1.29, 1.82) is 0 Å². The number of hydrogen-bond donors (Lipinski definition) is 2. The largest absolute Gasteiger partial charge is 0.399 e. The summed E-state index contributed by atoms with van der Waals surface area (Å²) in [6.07, 6.45) is 1.66. The van der Waals surface area contributed by atoms with Crippen LogP contribution in [0, 0.1) is 0 Å². The maximum Gasteiger partial charge on any atom is 0.130 e. The number of aliphatic hydroxyl groups is 1. The van der Waals surface area contributed by atoms with Crippen LogP contribution in [0.4, 0.5) is 11.5 Å². The summed E-state index contributed by atoms with van der Waals surface area (Å²) < 4.78 is 0. The topological polar surface area (TPSA) is 62.4 Å². The summed E-state index contributed by atoms with van der Waals surface area (Å²) in [5.41, 5.74) is 6.00. The summed E-state index contributed by atoms with van der Waals surface area (Å²) in [5, 5.41) is 9.19. The molecule has 1 aromatic heterocycles. The van der Waals surface area contributed by atoms with Crippen molar-refractivity contribution in [3.8, 4) is 0 Å². The van der Waals surface area contributed by atoms with Gasteiger partial charge >= 0.3 is 0 Å². The van der Waals surface area contributed by atoms with Crippen LogP contribution in [-0.2, 0) is 0 Å². The average molecular weight is 195 g/mol. The minimum absolute atomic E-state index is 0.0694. The lowest BCUT2D eigenvalue weighted by molar-refractivity contribution is 0.215. The molecule has 0 amide bonds. The van der Waals surface area contributed by atoms with Crippen LogP contribution in [0.15, 0.2) is 18.3 Å². The third-order valence-electron chi connectivity index (χ3n) is 2.41. The van der Waals surface area contributed by atoms with Crippen LogP contribution >= 0.6 is 0 Å². The highest BCUT2D eigenvalue weighted by Crippen LogP contribution is 2.20. The molecule has 1 rings (SSSR count). The maximum absolute atomic E-state index is 9.19. The quantitative estimate of drug-likeness (QED) is 0.751. The van der Waals surface area contributed by atoms with E-state index in [0.29, 0.717) is 5.69 Å². The Morgan fingerprint density at radius 3 is 2.71 bits per heavy atom. The molecule has 0 aromatic carbocycles. The molecule has 3 N–H and O–H groups in total. The predicted molar refractivity (Wildman–Crippen MR) is 58.2 cm³/mol. The van der Waals surface area contributed by atoms with Gasteiger partial charge in [0.1, 0.15) is 5.82 Å². The molecule has 1 heterocycles. The van der Waals surface area contributed by atoms with E-state index in [9.17, 15) is 5.11 Å². The number of likely N-dealkylation sites (N-methyl/N-ethyl adjacent to an activating group) is 1. The van der Waals surface area contributed by atoms with Crippen LogP contribution in [0.3, 0.4) is 0 Å². The number of rotatable bonds is 3. The van der Waals surface area contributed by atoms with Gasteiger partial charge in [-0.15, -0.1) is 0 Å². The normalized spacial score (nSPS) is 11.4. The molecule has 0 saturated carbocycles. The smallest absolute Gasteiger partial charge is 0.130 e. The Morgan fingerprint density at radius 1 is 1.57 bits per heavy atom. The minimum atomic E-state index is -0.333. The monoisotopic (exact) mass is 195 g/mol. The molecule has 0 unspecified atom stereocenters. The van der Waals surface area contributed by atoms with Gasteiger partial charge in [-0.3, -0.25) is 0 Å². The third-order valence-corrected chi connectivity index (χ3v) is 2.41. The van der Waals surface area contributed by atoms with E-state index < -0.39 is 0 Å². The lowest BCUT2D eigenvalue weighted by atomic mass is 10.1. The second-order valence-electron chi connectivity index (χ2n) is 3.98. The van der Waals surface area contributed by atoms with Crippen LogP contribution in [0.25, 0.3) is 0 Å². The first-order chi connectivity index (χ1) is 6.47. The standard InChI is InChI=1S/C10H17N3O/c1-10(2,7-14)13(3)9-6-8(11)4-5-12-9/h4-6,14H,7H2,1-3H3,(H2,11,12). The zero-order valence-electron chi connectivity index (χ0n) is 8.86. The molecule has 0 aliphatic rings. The van der Waals surface area contributed by atoms with E-state index in [0.717, 1.165) is 5.82 Å². The van der Waals surface area contributed by atoms with Gasteiger partial charge < -0.3 is 15.7 Å². The lowest BCUT2D eigenvalue weighted by Gasteiger charge is -2.34. The van der Waals surface area contributed by atoms with Crippen LogP contribution in [0.5, 0.6) is 0 Å². The molecule has 14 heavy (non-hydrogen) atoms. The van der Waals surface area contributed by atoms with E-state index >= 15 is 0 Å². The molecule has 0 spiro atoms. The zero-order chi connectivity index (χ0) is 10.8. The molecule has 0 bridgehead atoms. The fraction of sp³-hybridized carbons (Fsp3) is 0.500. The summed E-state index contributed by atoms with van der Waals surface area (Å²) in [4.78, 5) is 6.09. The number of aromatic nitrogens is 1. The van der Waals surface area contributed by atoms with Gasteiger partial charge in [0.2, 0.25) is 0 Å². The van der Waals surface area contributed by atoms with Crippen molar-refractivity contribution in [3.05, 3.63) is 18.3 Å². The molecule has 78 valence electrons. The summed E-state index contributed by atoms with van der Waals surface area (Å²) in [6.45, 7) is 3.95. The molecule has 0 aliphatic carbocycles. The maximum atomic E-state index is 9.19. The molecular weight excluding hydrogens is 178 g/mol. The van der Waals surface area contributed by atoms with E-state index in [1.54, 1.807) is 18.3 Å². The second-order valence-corrected chi connectivity index (χ2v) is 3.98. The highest BCUT2D eigenvalue weighted by molar-refractivity contribution is 5.51.